The molecule has 1 fully saturated rings. The highest BCUT2D eigenvalue weighted by Gasteiger charge is 2.39. The Morgan fingerprint density at radius 3 is 2.50 bits per heavy atom. The van der Waals surface area contributed by atoms with E-state index in [-0.39, 0.29) is 18.4 Å². The van der Waals surface area contributed by atoms with Gasteiger partial charge in [0, 0.05) is 6.04 Å². The maximum absolute atomic E-state index is 12.8. The fourth-order valence-electron chi connectivity index (χ4n) is 3.51. The van der Waals surface area contributed by atoms with Crippen LogP contribution in [0.5, 0.6) is 11.5 Å². The summed E-state index contributed by atoms with van der Waals surface area (Å²) in [6, 6.07) is 16.1. The molecular weight excluding hydrogens is 330 g/mol. The molecule has 1 heterocycles. The molecule has 0 spiro atoms. The van der Waals surface area contributed by atoms with Crippen molar-refractivity contribution < 1.29 is 19.4 Å². The van der Waals surface area contributed by atoms with Gasteiger partial charge in [0.15, 0.2) is 0 Å². The SMILES string of the molecule is CCC1CCC(C(=O)O)N1C(=O)Cc1cccc(Oc2ccccc2)c1. The lowest BCUT2D eigenvalue weighted by molar-refractivity contribution is -0.149. The lowest BCUT2D eigenvalue weighted by Crippen LogP contribution is -2.45. The quantitative estimate of drug-likeness (QED) is 0.856. The summed E-state index contributed by atoms with van der Waals surface area (Å²) >= 11 is 0. The van der Waals surface area contributed by atoms with Gasteiger partial charge in [0.2, 0.25) is 5.91 Å². The second-order valence-electron chi connectivity index (χ2n) is 6.53. The van der Waals surface area contributed by atoms with Crippen molar-refractivity contribution in [1.29, 1.82) is 0 Å². The minimum absolute atomic E-state index is 0.00681. The van der Waals surface area contributed by atoms with Gasteiger partial charge in [-0.25, -0.2) is 4.79 Å². The first-order valence-corrected chi connectivity index (χ1v) is 8.94. The summed E-state index contributed by atoms with van der Waals surface area (Å²) in [5.74, 6) is 0.325. The number of benzene rings is 2. The molecule has 1 amide bonds. The third-order valence-corrected chi connectivity index (χ3v) is 4.78. The third-order valence-electron chi connectivity index (χ3n) is 4.78. The maximum atomic E-state index is 12.8. The number of rotatable bonds is 6. The van der Waals surface area contributed by atoms with Crippen LogP contribution < -0.4 is 4.74 Å². The molecule has 0 saturated carbocycles. The molecular formula is C21H23NO4. The third kappa shape index (κ3) is 4.04. The molecule has 0 bridgehead atoms. The highest BCUT2D eigenvalue weighted by atomic mass is 16.5. The molecule has 5 heteroatoms. The molecule has 1 saturated heterocycles. The molecule has 2 atom stereocenters. The van der Waals surface area contributed by atoms with Gasteiger partial charge in [-0.05, 0) is 49.1 Å². The van der Waals surface area contributed by atoms with E-state index in [1.807, 2.05) is 61.5 Å². The minimum Gasteiger partial charge on any atom is -0.480 e. The number of para-hydroxylation sites is 1. The summed E-state index contributed by atoms with van der Waals surface area (Å²) in [6.45, 7) is 1.99. The zero-order valence-electron chi connectivity index (χ0n) is 14.8. The molecule has 136 valence electrons. The number of nitrogens with zero attached hydrogens (tertiary/aromatic N) is 1. The molecule has 1 aliphatic rings. The summed E-state index contributed by atoms with van der Waals surface area (Å²) in [6.07, 6.45) is 2.21. The van der Waals surface area contributed by atoms with Gasteiger partial charge >= 0.3 is 5.97 Å². The zero-order valence-corrected chi connectivity index (χ0v) is 14.8. The number of hydrogen-bond acceptors (Lipinski definition) is 3. The first-order chi connectivity index (χ1) is 12.6. The Kier molecular flexibility index (Phi) is 5.56. The van der Waals surface area contributed by atoms with Crippen molar-refractivity contribution in [3.63, 3.8) is 0 Å². The minimum atomic E-state index is -0.921. The van der Waals surface area contributed by atoms with E-state index in [1.54, 1.807) is 4.90 Å². The molecule has 1 aliphatic heterocycles. The molecule has 26 heavy (non-hydrogen) atoms. The molecule has 3 rings (SSSR count). The fourth-order valence-corrected chi connectivity index (χ4v) is 3.51. The van der Waals surface area contributed by atoms with Crippen molar-refractivity contribution in [2.24, 2.45) is 0 Å². The van der Waals surface area contributed by atoms with Crippen LogP contribution in [-0.4, -0.2) is 34.0 Å². The first-order valence-electron chi connectivity index (χ1n) is 8.94. The van der Waals surface area contributed by atoms with Crippen LogP contribution in [0, 0.1) is 0 Å². The van der Waals surface area contributed by atoms with E-state index in [9.17, 15) is 14.7 Å². The Morgan fingerprint density at radius 1 is 1.08 bits per heavy atom. The second-order valence-corrected chi connectivity index (χ2v) is 6.53. The monoisotopic (exact) mass is 353 g/mol. The molecule has 2 aromatic rings. The number of carbonyl (C=O) groups is 2. The van der Waals surface area contributed by atoms with Crippen molar-refractivity contribution in [2.75, 3.05) is 0 Å². The predicted molar refractivity (Wildman–Crippen MR) is 98.2 cm³/mol. The second kappa shape index (κ2) is 8.04. The van der Waals surface area contributed by atoms with Gasteiger partial charge in [-0.2, -0.15) is 0 Å². The molecule has 2 aromatic carbocycles. The van der Waals surface area contributed by atoms with Crippen molar-refractivity contribution >= 4 is 11.9 Å². The Balaban J connectivity index is 1.72. The van der Waals surface area contributed by atoms with Gasteiger partial charge in [-0.1, -0.05) is 37.3 Å². The van der Waals surface area contributed by atoms with Crippen LogP contribution in [0.25, 0.3) is 0 Å². The topological polar surface area (TPSA) is 66.8 Å². The van der Waals surface area contributed by atoms with E-state index in [1.165, 1.54) is 0 Å². The van der Waals surface area contributed by atoms with Gasteiger partial charge < -0.3 is 14.7 Å². The van der Waals surface area contributed by atoms with Gasteiger partial charge in [0.1, 0.15) is 17.5 Å². The zero-order chi connectivity index (χ0) is 18.5. The summed E-state index contributed by atoms with van der Waals surface area (Å²) in [7, 11) is 0. The van der Waals surface area contributed by atoms with Crippen LogP contribution in [0.3, 0.4) is 0 Å². The van der Waals surface area contributed by atoms with E-state index in [2.05, 4.69) is 0 Å². The van der Waals surface area contributed by atoms with Gasteiger partial charge in [0.25, 0.3) is 0 Å². The summed E-state index contributed by atoms with van der Waals surface area (Å²) in [5, 5.41) is 9.41. The predicted octanol–water partition coefficient (Wildman–Crippen LogP) is 3.88. The largest absolute Gasteiger partial charge is 0.480 e. The molecule has 1 N–H and O–H groups in total. The summed E-state index contributed by atoms with van der Waals surface area (Å²) < 4.78 is 5.81. The summed E-state index contributed by atoms with van der Waals surface area (Å²) in [5.41, 5.74) is 0.814. The van der Waals surface area contributed by atoms with Crippen LogP contribution in [0.15, 0.2) is 54.6 Å². The highest BCUT2D eigenvalue weighted by molar-refractivity contribution is 5.86. The highest BCUT2D eigenvalue weighted by Crippen LogP contribution is 2.28. The van der Waals surface area contributed by atoms with Crippen molar-refractivity contribution in [3.8, 4) is 11.5 Å². The average molecular weight is 353 g/mol. The first kappa shape index (κ1) is 18.0. The lowest BCUT2D eigenvalue weighted by Gasteiger charge is -2.27. The molecule has 0 aliphatic carbocycles. The van der Waals surface area contributed by atoms with Gasteiger partial charge in [-0.3, -0.25) is 4.79 Å². The normalized spacial score (nSPS) is 19.3. The van der Waals surface area contributed by atoms with Crippen LogP contribution in [-0.2, 0) is 16.0 Å². The Hall–Kier alpha value is -2.82. The van der Waals surface area contributed by atoms with Crippen LogP contribution in [0.2, 0.25) is 0 Å². The Bertz CT molecular complexity index is 775. The van der Waals surface area contributed by atoms with Gasteiger partial charge in [-0.15, -0.1) is 0 Å². The van der Waals surface area contributed by atoms with Crippen molar-refractivity contribution in [2.45, 2.75) is 44.7 Å². The Labute approximate surface area is 153 Å². The Morgan fingerprint density at radius 2 is 1.81 bits per heavy atom. The van der Waals surface area contributed by atoms with E-state index < -0.39 is 12.0 Å². The number of carbonyl (C=O) groups excluding carboxylic acids is 1. The van der Waals surface area contributed by atoms with Crippen LogP contribution in [0.1, 0.15) is 31.7 Å². The van der Waals surface area contributed by atoms with Crippen LogP contribution >= 0.6 is 0 Å². The number of ether oxygens (including phenoxy) is 1. The number of aliphatic carboxylic acids is 1. The number of hydrogen-bond donors (Lipinski definition) is 1. The molecule has 2 unspecified atom stereocenters. The van der Waals surface area contributed by atoms with E-state index in [0.29, 0.717) is 12.2 Å². The molecule has 5 nitrogen and oxygen atoms in total. The number of carboxylic acid groups (broad SMARTS) is 1. The van der Waals surface area contributed by atoms with E-state index in [4.69, 9.17) is 4.74 Å². The molecule has 0 radical (unpaired) electrons. The van der Waals surface area contributed by atoms with E-state index >= 15 is 0 Å². The maximum Gasteiger partial charge on any atom is 0.326 e. The van der Waals surface area contributed by atoms with E-state index in [0.717, 1.165) is 24.2 Å². The smallest absolute Gasteiger partial charge is 0.326 e. The van der Waals surface area contributed by atoms with Crippen molar-refractivity contribution in [3.05, 3.63) is 60.2 Å². The number of likely N-dealkylation sites (tertiary alicyclic amines) is 1. The molecule has 0 aromatic heterocycles. The number of amides is 1. The fraction of sp³-hybridized carbons (Fsp3) is 0.333. The lowest BCUT2D eigenvalue weighted by atomic mass is 10.1. The standard InChI is InChI=1S/C21H23NO4/c1-2-16-11-12-19(21(24)25)22(16)20(23)14-15-7-6-10-18(13-15)26-17-8-4-3-5-9-17/h3-10,13,16,19H,2,11-12,14H2,1H3,(H,24,25). The van der Waals surface area contributed by atoms with Crippen LogP contribution in [0.4, 0.5) is 0 Å². The van der Waals surface area contributed by atoms with Gasteiger partial charge in [0.05, 0.1) is 6.42 Å². The summed E-state index contributed by atoms with van der Waals surface area (Å²) in [4.78, 5) is 25.8. The number of carboxylic acids is 1. The van der Waals surface area contributed by atoms with Crippen molar-refractivity contribution in [1.82, 2.24) is 4.90 Å². The average Bonchev–Trinajstić information content (AvgIpc) is 3.07.